The number of ether oxygens (including phenoxy) is 2. The Labute approximate surface area is 115 Å². The maximum Gasteiger partial charge on any atom is 0.410 e. The van der Waals surface area contributed by atoms with Crippen molar-refractivity contribution < 1.29 is 14.3 Å². The van der Waals surface area contributed by atoms with Crippen molar-refractivity contribution in [3.63, 3.8) is 0 Å². The maximum absolute atomic E-state index is 12.0. The number of rotatable bonds is 6. The van der Waals surface area contributed by atoms with E-state index in [0.29, 0.717) is 32.2 Å². The maximum atomic E-state index is 12.0. The van der Waals surface area contributed by atoms with Gasteiger partial charge in [0.05, 0.1) is 6.61 Å². The normalized spacial score (nSPS) is 12.2. The van der Waals surface area contributed by atoms with Gasteiger partial charge in [-0.25, -0.2) is 4.79 Å². The summed E-state index contributed by atoms with van der Waals surface area (Å²) in [6.45, 7) is 7.39. The molecular weight excluding hydrogens is 248 g/mol. The second-order valence-corrected chi connectivity index (χ2v) is 5.00. The topological polar surface area (TPSA) is 89.2 Å². The summed E-state index contributed by atoms with van der Waals surface area (Å²) in [5.74, 6) is 0.343. The lowest BCUT2D eigenvalue weighted by Crippen LogP contribution is -2.44. The van der Waals surface area contributed by atoms with E-state index < -0.39 is 5.60 Å². The van der Waals surface area contributed by atoms with Crippen LogP contribution in [-0.4, -0.2) is 63.0 Å². The van der Waals surface area contributed by atoms with Crippen LogP contribution in [0.1, 0.15) is 20.8 Å². The first-order valence-corrected chi connectivity index (χ1v) is 6.23. The highest BCUT2D eigenvalue weighted by molar-refractivity contribution is 5.77. The first kappa shape index (κ1) is 17.5. The Morgan fingerprint density at radius 1 is 1.37 bits per heavy atom. The number of carbonyl (C=O) groups excluding carboxylic acids is 1. The summed E-state index contributed by atoms with van der Waals surface area (Å²) in [6.07, 6.45) is -0.363. The second kappa shape index (κ2) is 8.58. The van der Waals surface area contributed by atoms with Gasteiger partial charge in [0.2, 0.25) is 0 Å². The molecule has 7 nitrogen and oxygen atoms in total. The zero-order valence-corrected chi connectivity index (χ0v) is 12.5. The average molecular weight is 274 g/mol. The second-order valence-electron chi connectivity index (χ2n) is 5.00. The predicted molar refractivity (Wildman–Crippen MR) is 75.2 cm³/mol. The molecule has 7 heteroatoms. The van der Waals surface area contributed by atoms with Crippen LogP contribution >= 0.6 is 0 Å². The van der Waals surface area contributed by atoms with Gasteiger partial charge in [-0.2, -0.15) is 0 Å². The van der Waals surface area contributed by atoms with Crippen molar-refractivity contribution in [2.75, 3.05) is 40.4 Å². The summed E-state index contributed by atoms with van der Waals surface area (Å²) < 4.78 is 10.3. The minimum absolute atomic E-state index is 0.343. The van der Waals surface area contributed by atoms with E-state index in [-0.39, 0.29) is 6.09 Å². The summed E-state index contributed by atoms with van der Waals surface area (Å²) in [5.41, 5.74) is 5.00. The van der Waals surface area contributed by atoms with Crippen LogP contribution in [0.4, 0.5) is 4.79 Å². The van der Waals surface area contributed by atoms with E-state index in [1.165, 1.54) is 0 Å². The minimum Gasteiger partial charge on any atom is -0.444 e. The van der Waals surface area contributed by atoms with Crippen molar-refractivity contribution in [1.82, 2.24) is 10.2 Å². The summed E-state index contributed by atoms with van der Waals surface area (Å²) in [5, 5.41) is 2.89. The van der Waals surface area contributed by atoms with Crippen molar-refractivity contribution >= 4 is 12.1 Å². The molecule has 0 aliphatic rings. The molecule has 0 spiro atoms. The van der Waals surface area contributed by atoms with Gasteiger partial charge in [-0.05, 0) is 20.8 Å². The number of aliphatic imine (C=N–C) groups is 1. The van der Waals surface area contributed by atoms with E-state index >= 15 is 0 Å². The van der Waals surface area contributed by atoms with Crippen LogP contribution in [0, 0.1) is 0 Å². The van der Waals surface area contributed by atoms with E-state index in [0.717, 1.165) is 0 Å². The summed E-state index contributed by atoms with van der Waals surface area (Å²) >= 11 is 0. The Kier molecular flexibility index (Phi) is 7.90. The molecule has 0 bridgehead atoms. The molecule has 0 aliphatic heterocycles. The zero-order chi connectivity index (χ0) is 14.9. The van der Waals surface area contributed by atoms with Gasteiger partial charge in [-0.15, -0.1) is 0 Å². The molecule has 1 amide bonds. The highest BCUT2D eigenvalue weighted by Crippen LogP contribution is 2.09. The number of nitrogens with one attached hydrogen (secondary N) is 1. The Hall–Kier alpha value is -1.50. The standard InChI is InChI=1S/C12H26N4O3/c1-12(2,3)19-11(17)16(8-9-18-5)7-6-15-10(13)14-4/h6-9H2,1-5H3,(H3,13,14,15). The quantitative estimate of drug-likeness (QED) is 0.541. The molecule has 0 fully saturated rings. The fourth-order valence-corrected chi connectivity index (χ4v) is 1.22. The third-order valence-electron chi connectivity index (χ3n) is 2.15. The summed E-state index contributed by atoms with van der Waals surface area (Å²) in [6, 6.07) is 0. The number of nitrogens with two attached hydrogens (primary N) is 1. The first-order chi connectivity index (χ1) is 8.80. The molecule has 112 valence electrons. The summed E-state index contributed by atoms with van der Waals surface area (Å²) in [4.78, 5) is 17.3. The van der Waals surface area contributed by atoms with Crippen LogP contribution in [0.5, 0.6) is 0 Å². The van der Waals surface area contributed by atoms with Gasteiger partial charge in [0.1, 0.15) is 5.60 Å². The number of carbonyl (C=O) groups is 1. The van der Waals surface area contributed by atoms with Gasteiger partial charge in [-0.1, -0.05) is 0 Å². The lowest BCUT2D eigenvalue weighted by Gasteiger charge is -2.27. The summed E-state index contributed by atoms with van der Waals surface area (Å²) in [7, 11) is 3.19. The Bertz CT molecular complexity index is 300. The molecule has 19 heavy (non-hydrogen) atoms. The minimum atomic E-state index is -0.514. The predicted octanol–water partition coefficient (Wildman–Crippen LogP) is 0.404. The number of methoxy groups -OCH3 is 1. The monoisotopic (exact) mass is 274 g/mol. The molecule has 0 aromatic carbocycles. The molecule has 0 saturated heterocycles. The van der Waals surface area contributed by atoms with Crippen LogP contribution in [0.3, 0.4) is 0 Å². The molecule has 0 rings (SSSR count). The van der Waals surface area contributed by atoms with Gasteiger partial charge >= 0.3 is 6.09 Å². The fraction of sp³-hybridized carbons (Fsp3) is 0.833. The van der Waals surface area contributed by atoms with E-state index in [1.807, 2.05) is 20.8 Å². The molecule has 0 aromatic rings. The van der Waals surface area contributed by atoms with E-state index in [4.69, 9.17) is 15.2 Å². The number of hydrogen-bond donors (Lipinski definition) is 2. The lowest BCUT2D eigenvalue weighted by atomic mass is 10.2. The van der Waals surface area contributed by atoms with Crippen LogP contribution in [-0.2, 0) is 9.47 Å². The zero-order valence-electron chi connectivity index (χ0n) is 12.5. The Morgan fingerprint density at radius 2 is 2.00 bits per heavy atom. The van der Waals surface area contributed by atoms with Crippen molar-refractivity contribution in [3.8, 4) is 0 Å². The molecule has 0 heterocycles. The lowest BCUT2D eigenvalue weighted by molar-refractivity contribution is 0.0206. The Balaban J connectivity index is 4.33. The first-order valence-electron chi connectivity index (χ1n) is 6.23. The van der Waals surface area contributed by atoms with Crippen LogP contribution in [0.25, 0.3) is 0 Å². The molecule has 0 atom stereocenters. The van der Waals surface area contributed by atoms with Crippen molar-refractivity contribution in [2.45, 2.75) is 26.4 Å². The van der Waals surface area contributed by atoms with Crippen molar-refractivity contribution in [1.29, 1.82) is 0 Å². The largest absolute Gasteiger partial charge is 0.444 e. The fourth-order valence-electron chi connectivity index (χ4n) is 1.22. The molecule has 3 N–H and O–H groups in total. The van der Waals surface area contributed by atoms with E-state index in [9.17, 15) is 4.79 Å². The molecular formula is C12H26N4O3. The van der Waals surface area contributed by atoms with Crippen LogP contribution in [0.15, 0.2) is 4.99 Å². The highest BCUT2D eigenvalue weighted by Gasteiger charge is 2.21. The van der Waals surface area contributed by atoms with Gasteiger partial charge in [0.25, 0.3) is 0 Å². The SMILES string of the molecule is CN=C(N)NCCN(CCOC)C(=O)OC(C)(C)C. The van der Waals surface area contributed by atoms with Crippen LogP contribution < -0.4 is 11.1 Å². The smallest absolute Gasteiger partial charge is 0.410 e. The average Bonchev–Trinajstić information content (AvgIpc) is 2.30. The van der Waals surface area contributed by atoms with E-state index in [2.05, 4.69) is 10.3 Å². The number of nitrogens with zero attached hydrogens (tertiary/aromatic N) is 2. The molecule has 0 radical (unpaired) electrons. The van der Waals surface area contributed by atoms with Crippen molar-refractivity contribution in [2.24, 2.45) is 10.7 Å². The number of amides is 1. The molecule has 0 aromatic heterocycles. The van der Waals surface area contributed by atoms with E-state index in [1.54, 1.807) is 19.1 Å². The van der Waals surface area contributed by atoms with Gasteiger partial charge in [0, 0.05) is 33.8 Å². The molecule has 0 aliphatic carbocycles. The molecule has 0 unspecified atom stereocenters. The Morgan fingerprint density at radius 3 is 2.47 bits per heavy atom. The highest BCUT2D eigenvalue weighted by atomic mass is 16.6. The number of guanidine groups is 1. The third-order valence-corrected chi connectivity index (χ3v) is 2.15. The molecule has 0 saturated carbocycles. The van der Waals surface area contributed by atoms with Gasteiger partial charge in [0.15, 0.2) is 5.96 Å². The third kappa shape index (κ3) is 9.12. The van der Waals surface area contributed by atoms with Crippen LogP contribution in [0.2, 0.25) is 0 Å². The van der Waals surface area contributed by atoms with Gasteiger partial charge < -0.3 is 25.4 Å². The number of hydrogen-bond acceptors (Lipinski definition) is 4. The van der Waals surface area contributed by atoms with Gasteiger partial charge in [-0.3, -0.25) is 4.99 Å². The van der Waals surface area contributed by atoms with Crippen molar-refractivity contribution in [3.05, 3.63) is 0 Å².